The molecule has 2 bridgehead atoms. The number of ether oxygens (including phenoxy) is 1. The number of hydrogen-bond donors (Lipinski definition) is 1. The zero-order chi connectivity index (χ0) is 22.2. The number of esters is 1. The topological polar surface area (TPSA) is 46.5 Å². The molecular formula is C28H38O3. The second-order valence-electron chi connectivity index (χ2n) is 12.9. The molecule has 6 rings (SSSR count). The van der Waals surface area contributed by atoms with Gasteiger partial charge in [-0.3, -0.25) is 4.79 Å². The van der Waals surface area contributed by atoms with E-state index < -0.39 is 17.1 Å². The largest absolute Gasteiger partial charge is 0.453 e. The second-order valence-corrected chi connectivity index (χ2v) is 12.9. The predicted octanol–water partition coefficient (Wildman–Crippen LogP) is 5.60. The van der Waals surface area contributed by atoms with Crippen LogP contribution in [0.25, 0.3) is 0 Å². The molecule has 168 valence electrons. The highest BCUT2D eigenvalue weighted by Gasteiger charge is 2.80. The Morgan fingerprint density at radius 2 is 1.81 bits per heavy atom. The molecule has 31 heavy (non-hydrogen) atoms. The van der Waals surface area contributed by atoms with Gasteiger partial charge in [-0.2, -0.15) is 0 Å². The SMILES string of the molecule is C=C(C)[C@@H]1CC(O)C2=CC[C@]34C(=O)O[C@@]21[C@H]3CC[C@@H]1[C@@]2(C)C=CC(C)(C)[C@@H]2CC[C@]14C. The Balaban J connectivity index is 1.52. The molecule has 1 N–H and O–H groups in total. The summed E-state index contributed by atoms with van der Waals surface area (Å²) in [6.07, 6.45) is 12.4. The third-order valence-corrected chi connectivity index (χ3v) is 11.5. The van der Waals surface area contributed by atoms with E-state index >= 15 is 0 Å². The smallest absolute Gasteiger partial charge is 0.314 e. The highest BCUT2D eigenvalue weighted by atomic mass is 16.6. The van der Waals surface area contributed by atoms with Crippen LogP contribution in [0.2, 0.25) is 0 Å². The van der Waals surface area contributed by atoms with Crippen LogP contribution in [-0.4, -0.2) is 22.8 Å². The highest BCUT2D eigenvalue weighted by Crippen LogP contribution is 2.78. The maximum atomic E-state index is 14.0. The van der Waals surface area contributed by atoms with Crippen LogP contribution >= 0.6 is 0 Å². The van der Waals surface area contributed by atoms with Crippen molar-refractivity contribution >= 4 is 5.97 Å². The standard InChI is InChI=1S/C28H38O3/c1-16(2)18-15-19(29)17-9-12-27-22(28(17,18)31-23(27)30)8-7-21-25(5)14-13-24(3,4)20(25)10-11-26(21,27)6/h9,13-14,18-22,29H,1,7-8,10-12,15H2,2-6H3/t18-,19?,20-,21+,22-,25-,26+,27+,28-/m0/s1. The molecule has 3 nitrogen and oxygen atoms in total. The molecule has 0 amide bonds. The summed E-state index contributed by atoms with van der Waals surface area (Å²) in [6.45, 7) is 16.0. The maximum Gasteiger partial charge on any atom is 0.314 e. The quantitative estimate of drug-likeness (QED) is 0.442. The maximum absolute atomic E-state index is 14.0. The minimum atomic E-state index is -0.656. The fourth-order valence-corrected chi connectivity index (χ4v) is 10.3. The lowest BCUT2D eigenvalue weighted by atomic mass is 9.36. The van der Waals surface area contributed by atoms with Crippen LogP contribution in [0.5, 0.6) is 0 Å². The Hall–Kier alpha value is -1.35. The monoisotopic (exact) mass is 422 g/mol. The number of aliphatic hydroxyl groups excluding tert-OH is 1. The second kappa shape index (κ2) is 5.58. The number of hydrogen-bond acceptors (Lipinski definition) is 3. The highest BCUT2D eigenvalue weighted by molar-refractivity contribution is 5.85. The third-order valence-electron chi connectivity index (χ3n) is 11.5. The van der Waals surface area contributed by atoms with E-state index in [2.05, 4.69) is 52.5 Å². The Morgan fingerprint density at radius 3 is 2.52 bits per heavy atom. The van der Waals surface area contributed by atoms with Crippen molar-refractivity contribution < 1.29 is 14.6 Å². The minimum Gasteiger partial charge on any atom is -0.453 e. The third kappa shape index (κ3) is 1.93. The lowest BCUT2D eigenvalue weighted by Crippen LogP contribution is -2.64. The number of rotatable bonds is 1. The molecule has 0 aromatic carbocycles. The molecule has 1 saturated heterocycles. The van der Waals surface area contributed by atoms with Gasteiger partial charge in [0.1, 0.15) is 5.60 Å². The first kappa shape index (κ1) is 20.3. The van der Waals surface area contributed by atoms with E-state index in [1.54, 1.807) is 0 Å². The van der Waals surface area contributed by atoms with Crippen LogP contribution in [0.4, 0.5) is 0 Å². The van der Waals surface area contributed by atoms with Gasteiger partial charge in [0.15, 0.2) is 0 Å². The van der Waals surface area contributed by atoms with E-state index in [4.69, 9.17) is 4.74 Å². The Labute approximate surface area is 187 Å². The predicted molar refractivity (Wildman–Crippen MR) is 121 cm³/mol. The van der Waals surface area contributed by atoms with Crippen molar-refractivity contribution in [3.05, 3.63) is 36.0 Å². The Morgan fingerprint density at radius 1 is 1.10 bits per heavy atom. The number of carbonyl (C=O) groups is 1. The van der Waals surface area contributed by atoms with Gasteiger partial charge in [0.05, 0.1) is 11.5 Å². The fourth-order valence-electron chi connectivity index (χ4n) is 10.3. The number of allylic oxidation sites excluding steroid dienone is 3. The van der Waals surface area contributed by atoms with Crippen LogP contribution in [0, 0.1) is 45.3 Å². The number of aliphatic hydroxyl groups is 1. The molecule has 4 fully saturated rings. The van der Waals surface area contributed by atoms with E-state index in [1.165, 1.54) is 6.42 Å². The van der Waals surface area contributed by atoms with Gasteiger partial charge < -0.3 is 9.84 Å². The van der Waals surface area contributed by atoms with Gasteiger partial charge in [0.25, 0.3) is 0 Å². The van der Waals surface area contributed by atoms with Crippen LogP contribution < -0.4 is 0 Å². The van der Waals surface area contributed by atoms with Gasteiger partial charge in [0.2, 0.25) is 0 Å². The summed E-state index contributed by atoms with van der Waals surface area (Å²) in [7, 11) is 0. The van der Waals surface area contributed by atoms with E-state index in [1.807, 2.05) is 6.92 Å². The summed E-state index contributed by atoms with van der Waals surface area (Å²) in [5, 5.41) is 10.9. The van der Waals surface area contributed by atoms with Crippen molar-refractivity contribution in [1.82, 2.24) is 0 Å². The Kier molecular flexibility index (Phi) is 3.65. The number of fused-ring (bicyclic) bond motifs is 3. The van der Waals surface area contributed by atoms with Gasteiger partial charge in [0, 0.05) is 11.8 Å². The average molecular weight is 423 g/mol. The molecule has 0 aromatic rings. The molecule has 0 radical (unpaired) electrons. The van der Waals surface area contributed by atoms with Crippen LogP contribution in [-0.2, 0) is 9.53 Å². The molecule has 1 aliphatic heterocycles. The van der Waals surface area contributed by atoms with Gasteiger partial charge >= 0.3 is 5.97 Å². The van der Waals surface area contributed by atoms with Gasteiger partial charge in [-0.05, 0) is 79.1 Å². The molecule has 1 unspecified atom stereocenters. The summed E-state index contributed by atoms with van der Waals surface area (Å²) < 4.78 is 6.53. The lowest BCUT2D eigenvalue weighted by Gasteiger charge is -2.65. The first-order chi connectivity index (χ1) is 14.4. The molecule has 5 aliphatic carbocycles. The zero-order valence-electron chi connectivity index (χ0n) is 19.8. The van der Waals surface area contributed by atoms with Gasteiger partial charge in [-0.1, -0.05) is 58.1 Å². The summed E-state index contributed by atoms with van der Waals surface area (Å²) in [6, 6.07) is 0. The lowest BCUT2D eigenvalue weighted by molar-refractivity contribution is -0.182. The normalized spacial score (nSPS) is 55.6. The first-order valence-corrected chi connectivity index (χ1v) is 12.4. The fraction of sp³-hybridized carbons (Fsp3) is 0.750. The van der Waals surface area contributed by atoms with Crippen LogP contribution in [0.15, 0.2) is 36.0 Å². The summed E-state index contributed by atoms with van der Waals surface area (Å²) in [5.41, 5.74) is 1.18. The molecule has 1 spiro atoms. The molecule has 9 atom stereocenters. The van der Waals surface area contributed by atoms with E-state index in [0.29, 0.717) is 18.3 Å². The van der Waals surface area contributed by atoms with Crippen LogP contribution in [0.3, 0.4) is 0 Å². The summed E-state index contributed by atoms with van der Waals surface area (Å²) >= 11 is 0. The molecule has 6 aliphatic rings. The van der Waals surface area contributed by atoms with E-state index in [-0.39, 0.29) is 34.1 Å². The first-order valence-electron chi connectivity index (χ1n) is 12.4. The summed E-state index contributed by atoms with van der Waals surface area (Å²) in [4.78, 5) is 14.0. The molecular weight excluding hydrogens is 384 g/mol. The van der Waals surface area contributed by atoms with E-state index in [0.717, 1.165) is 36.8 Å². The van der Waals surface area contributed by atoms with Crippen molar-refractivity contribution in [2.75, 3.05) is 0 Å². The van der Waals surface area contributed by atoms with Crippen LogP contribution in [0.1, 0.15) is 73.1 Å². The van der Waals surface area contributed by atoms with Crippen molar-refractivity contribution in [1.29, 1.82) is 0 Å². The van der Waals surface area contributed by atoms with Crippen molar-refractivity contribution in [2.45, 2.75) is 84.8 Å². The van der Waals surface area contributed by atoms with Gasteiger partial charge in [-0.25, -0.2) is 0 Å². The molecule has 3 heteroatoms. The Bertz CT molecular complexity index is 957. The molecule has 1 heterocycles. The van der Waals surface area contributed by atoms with Crippen molar-refractivity contribution in [3.8, 4) is 0 Å². The van der Waals surface area contributed by atoms with E-state index in [9.17, 15) is 9.90 Å². The molecule has 3 saturated carbocycles. The zero-order valence-corrected chi connectivity index (χ0v) is 19.8. The van der Waals surface area contributed by atoms with Crippen molar-refractivity contribution in [3.63, 3.8) is 0 Å². The number of carbonyl (C=O) groups excluding carboxylic acids is 1. The summed E-state index contributed by atoms with van der Waals surface area (Å²) in [5.74, 6) is 1.33. The van der Waals surface area contributed by atoms with Crippen molar-refractivity contribution in [2.24, 2.45) is 45.3 Å². The van der Waals surface area contributed by atoms with Gasteiger partial charge in [-0.15, -0.1) is 0 Å². The average Bonchev–Trinajstić information content (AvgIpc) is 3.18. The molecule has 0 aromatic heterocycles. The minimum absolute atomic E-state index is 0.0135.